The number of halogens is 1. The summed E-state index contributed by atoms with van der Waals surface area (Å²) in [6.07, 6.45) is 8.73. The van der Waals surface area contributed by atoms with E-state index in [-0.39, 0.29) is 0 Å². The number of pyridine rings is 1. The van der Waals surface area contributed by atoms with Crippen LogP contribution in [0.25, 0.3) is 33.2 Å². The van der Waals surface area contributed by atoms with Gasteiger partial charge in [-0.2, -0.15) is 11.3 Å². The normalized spacial score (nSPS) is 17.8. The fourth-order valence-electron chi connectivity index (χ4n) is 4.55. The molecule has 0 amide bonds. The van der Waals surface area contributed by atoms with Crippen LogP contribution in [0.1, 0.15) is 12.8 Å². The second-order valence-corrected chi connectivity index (χ2v) is 9.26. The average Bonchev–Trinajstić information content (AvgIpc) is 3.38. The molecule has 0 N–H and O–H groups in total. The van der Waals surface area contributed by atoms with Gasteiger partial charge in [0.2, 0.25) is 0 Å². The van der Waals surface area contributed by atoms with E-state index in [2.05, 4.69) is 62.7 Å². The van der Waals surface area contributed by atoms with E-state index in [0.29, 0.717) is 5.92 Å². The molecular formula is C24H24ClN3S. The predicted octanol–water partition coefficient (Wildman–Crippen LogP) is 6.43. The smallest absolute Gasteiger partial charge is 0.0506 e. The third kappa shape index (κ3) is 3.73. The number of rotatable bonds is 4. The fraction of sp³-hybridized carbons (Fsp3) is 0.292. The summed E-state index contributed by atoms with van der Waals surface area (Å²) in [6.45, 7) is 3.39. The van der Waals surface area contributed by atoms with Crippen molar-refractivity contribution < 1.29 is 0 Å². The highest BCUT2D eigenvalue weighted by atomic mass is 35.5. The van der Waals surface area contributed by atoms with E-state index in [1.807, 2.05) is 18.5 Å². The first-order valence-corrected chi connectivity index (χ1v) is 11.4. The number of nitrogens with zero attached hydrogens (tertiary/aromatic N) is 3. The Labute approximate surface area is 180 Å². The highest BCUT2D eigenvalue weighted by Gasteiger charge is 2.20. The van der Waals surface area contributed by atoms with Gasteiger partial charge in [-0.15, -0.1) is 0 Å². The van der Waals surface area contributed by atoms with Crippen LogP contribution >= 0.6 is 22.9 Å². The first-order valence-electron chi connectivity index (χ1n) is 10.1. The average molecular weight is 422 g/mol. The molecule has 3 aromatic heterocycles. The molecule has 0 saturated carbocycles. The van der Waals surface area contributed by atoms with Crippen molar-refractivity contribution in [2.45, 2.75) is 19.4 Å². The van der Waals surface area contributed by atoms with E-state index in [0.717, 1.165) is 34.6 Å². The molecule has 5 heteroatoms. The number of thiophene rings is 1. The van der Waals surface area contributed by atoms with Crippen molar-refractivity contribution in [2.24, 2.45) is 5.92 Å². The molecule has 0 aliphatic carbocycles. The number of likely N-dealkylation sites (tertiary alicyclic amines) is 1. The standard InChI is InChI=1S/C24H24ClN3S/c1-27-8-3-4-17(13-27)14-28-15-21(24-22(25)5-2-6-23(24)28)20-10-19(11-26-12-20)18-7-9-29-16-18/h2,5-7,9-12,15-17H,3-4,8,13-14H2,1H3. The van der Waals surface area contributed by atoms with Crippen molar-refractivity contribution in [2.75, 3.05) is 20.1 Å². The van der Waals surface area contributed by atoms with Crippen LogP contribution in [-0.2, 0) is 6.54 Å². The van der Waals surface area contributed by atoms with Crippen LogP contribution in [0, 0.1) is 5.92 Å². The maximum atomic E-state index is 6.69. The monoisotopic (exact) mass is 421 g/mol. The van der Waals surface area contributed by atoms with E-state index in [1.54, 1.807) is 11.3 Å². The lowest BCUT2D eigenvalue weighted by Crippen LogP contribution is -2.33. The number of fused-ring (bicyclic) bond motifs is 1. The summed E-state index contributed by atoms with van der Waals surface area (Å²) in [6, 6.07) is 10.6. The van der Waals surface area contributed by atoms with Crippen LogP contribution in [0.5, 0.6) is 0 Å². The molecule has 0 spiro atoms. The van der Waals surface area contributed by atoms with Gasteiger partial charge in [-0.1, -0.05) is 17.7 Å². The van der Waals surface area contributed by atoms with Gasteiger partial charge in [0, 0.05) is 53.8 Å². The first-order chi connectivity index (χ1) is 14.2. The van der Waals surface area contributed by atoms with Crippen molar-refractivity contribution in [3.8, 4) is 22.3 Å². The molecule has 3 nitrogen and oxygen atoms in total. The molecule has 4 aromatic rings. The molecule has 1 fully saturated rings. The minimum absolute atomic E-state index is 0.673. The zero-order chi connectivity index (χ0) is 19.8. The van der Waals surface area contributed by atoms with Gasteiger partial charge in [-0.3, -0.25) is 4.98 Å². The summed E-state index contributed by atoms with van der Waals surface area (Å²) < 4.78 is 2.40. The van der Waals surface area contributed by atoms with Crippen LogP contribution in [0.2, 0.25) is 5.02 Å². The molecule has 5 rings (SSSR count). The van der Waals surface area contributed by atoms with Gasteiger partial charge in [0.05, 0.1) is 10.5 Å². The van der Waals surface area contributed by atoms with Gasteiger partial charge < -0.3 is 9.47 Å². The highest BCUT2D eigenvalue weighted by Crippen LogP contribution is 2.37. The molecule has 29 heavy (non-hydrogen) atoms. The lowest BCUT2D eigenvalue weighted by atomic mass is 9.98. The fourth-order valence-corrected chi connectivity index (χ4v) is 5.49. The maximum Gasteiger partial charge on any atom is 0.0506 e. The van der Waals surface area contributed by atoms with E-state index in [4.69, 9.17) is 11.6 Å². The Morgan fingerprint density at radius 3 is 2.90 bits per heavy atom. The van der Waals surface area contributed by atoms with E-state index in [9.17, 15) is 0 Å². The zero-order valence-electron chi connectivity index (χ0n) is 16.5. The van der Waals surface area contributed by atoms with E-state index < -0.39 is 0 Å². The van der Waals surface area contributed by atoms with E-state index in [1.165, 1.54) is 36.0 Å². The molecule has 1 aliphatic rings. The molecular weight excluding hydrogens is 398 g/mol. The molecule has 1 aliphatic heterocycles. The molecule has 1 aromatic carbocycles. The Kier molecular flexibility index (Phi) is 5.17. The summed E-state index contributed by atoms with van der Waals surface area (Å²) in [7, 11) is 2.23. The van der Waals surface area contributed by atoms with Crippen molar-refractivity contribution in [1.29, 1.82) is 0 Å². The molecule has 1 unspecified atom stereocenters. The molecule has 0 radical (unpaired) electrons. The van der Waals surface area contributed by atoms with E-state index >= 15 is 0 Å². The van der Waals surface area contributed by atoms with Crippen molar-refractivity contribution in [1.82, 2.24) is 14.5 Å². The summed E-state index contributed by atoms with van der Waals surface area (Å²) in [5, 5.41) is 6.20. The Morgan fingerprint density at radius 2 is 2.07 bits per heavy atom. The van der Waals surface area contributed by atoms with Crippen LogP contribution in [0.3, 0.4) is 0 Å². The Bertz CT molecular complexity index is 1130. The number of hydrogen-bond acceptors (Lipinski definition) is 3. The van der Waals surface area contributed by atoms with Crippen LogP contribution < -0.4 is 0 Å². The second-order valence-electron chi connectivity index (χ2n) is 8.07. The topological polar surface area (TPSA) is 21.1 Å². The summed E-state index contributed by atoms with van der Waals surface area (Å²) in [4.78, 5) is 6.98. The zero-order valence-corrected chi connectivity index (χ0v) is 18.1. The van der Waals surface area contributed by atoms with Gasteiger partial charge >= 0.3 is 0 Å². The lowest BCUT2D eigenvalue weighted by molar-refractivity contribution is 0.196. The Morgan fingerprint density at radius 1 is 1.17 bits per heavy atom. The summed E-state index contributed by atoms with van der Waals surface area (Å²) in [5.74, 6) is 0.673. The maximum absolute atomic E-state index is 6.69. The van der Waals surface area contributed by atoms with Crippen LogP contribution in [0.15, 0.2) is 59.7 Å². The van der Waals surface area contributed by atoms with Gasteiger partial charge in [-0.05, 0) is 72.9 Å². The van der Waals surface area contributed by atoms with Crippen LogP contribution in [-0.4, -0.2) is 34.6 Å². The van der Waals surface area contributed by atoms with Crippen molar-refractivity contribution in [3.63, 3.8) is 0 Å². The third-order valence-corrected chi connectivity index (χ3v) is 6.93. The van der Waals surface area contributed by atoms with Gasteiger partial charge in [-0.25, -0.2) is 0 Å². The quantitative estimate of drug-likeness (QED) is 0.378. The number of piperidine rings is 1. The van der Waals surface area contributed by atoms with Crippen molar-refractivity contribution >= 4 is 33.8 Å². The molecule has 0 bridgehead atoms. The van der Waals surface area contributed by atoms with Gasteiger partial charge in [0.1, 0.15) is 0 Å². The second kappa shape index (κ2) is 7.94. The Balaban J connectivity index is 1.58. The molecule has 1 saturated heterocycles. The van der Waals surface area contributed by atoms with Crippen molar-refractivity contribution in [3.05, 3.63) is 64.7 Å². The van der Waals surface area contributed by atoms with Gasteiger partial charge in [0.25, 0.3) is 0 Å². The largest absolute Gasteiger partial charge is 0.346 e. The number of hydrogen-bond donors (Lipinski definition) is 0. The van der Waals surface area contributed by atoms with Crippen LogP contribution in [0.4, 0.5) is 0 Å². The lowest BCUT2D eigenvalue weighted by Gasteiger charge is -2.30. The minimum Gasteiger partial charge on any atom is -0.346 e. The Hall–Kier alpha value is -2.14. The van der Waals surface area contributed by atoms with Gasteiger partial charge in [0.15, 0.2) is 0 Å². The third-order valence-electron chi connectivity index (χ3n) is 5.94. The minimum atomic E-state index is 0.673. The SMILES string of the molecule is CN1CCCC(Cn2cc(-c3cncc(-c4ccsc4)c3)c3c(Cl)cccc32)C1. The molecule has 4 heterocycles. The number of benzene rings is 1. The molecule has 1 atom stereocenters. The highest BCUT2D eigenvalue weighted by molar-refractivity contribution is 7.08. The number of aromatic nitrogens is 2. The predicted molar refractivity (Wildman–Crippen MR) is 124 cm³/mol. The summed E-state index contributed by atoms with van der Waals surface area (Å²) in [5.41, 5.74) is 5.85. The first kappa shape index (κ1) is 18.9. The summed E-state index contributed by atoms with van der Waals surface area (Å²) >= 11 is 8.40. The molecule has 148 valence electrons.